The Hall–Kier alpha value is -1.75. The molecule has 0 heterocycles. The van der Waals surface area contributed by atoms with Crippen LogP contribution < -0.4 is 0 Å². The summed E-state index contributed by atoms with van der Waals surface area (Å²) < 4.78 is 50.6. The molecule has 2 aromatic carbocycles. The summed E-state index contributed by atoms with van der Waals surface area (Å²) >= 11 is 0. The van der Waals surface area contributed by atoms with Gasteiger partial charge in [-0.15, -0.1) is 0 Å². The van der Waals surface area contributed by atoms with Crippen molar-refractivity contribution in [3.05, 3.63) is 66.0 Å². The Morgan fingerprint density at radius 2 is 1.53 bits per heavy atom. The molecule has 19 heavy (non-hydrogen) atoms. The van der Waals surface area contributed by atoms with Gasteiger partial charge in [0.25, 0.3) is 0 Å². The minimum atomic E-state index is -3.69. The van der Waals surface area contributed by atoms with Crippen LogP contribution in [0.25, 0.3) is 0 Å². The standard InChI is InChI=1S/C14H12F2O2S/c15-12-8-6-11(7-9-12)14(16)10-19(17,18)13-4-2-1-3-5-13/h1-9,14H,10H2. The molecule has 0 bridgehead atoms. The molecule has 0 aliphatic rings. The molecule has 1 unspecified atom stereocenters. The van der Waals surface area contributed by atoms with E-state index in [1.165, 1.54) is 24.3 Å². The number of halogens is 2. The number of alkyl halides is 1. The lowest BCUT2D eigenvalue weighted by molar-refractivity contribution is 0.374. The van der Waals surface area contributed by atoms with Gasteiger partial charge >= 0.3 is 0 Å². The van der Waals surface area contributed by atoms with E-state index < -0.39 is 27.6 Å². The maximum Gasteiger partial charge on any atom is 0.181 e. The van der Waals surface area contributed by atoms with Crippen LogP contribution >= 0.6 is 0 Å². The third kappa shape index (κ3) is 3.38. The molecule has 1 atom stereocenters. The number of sulfone groups is 1. The molecule has 0 saturated carbocycles. The van der Waals surface area contributed by atoms with Gasteiger partial charge in [-0.3, -0.25) is 0 Å². The molecule has 0 amide bonds. The van der Waals surface area contributed by atoms with Crippen LogP contribution in [0, 0.1) is 5.82 Å². The highest BCUT2D eigenvalue weighted by atomic mass is 32.2. The first kappa shape index (κ1) is 13.7. The van der Waals surface area contributed by atoms with Crippen molar-refractivity contribution in [2.75, 3.05) is 5.75 Å². The van der Waals surface area contributed by atoms with Crippen molar-refractivity contribution in [2.24, 2.45) is 0 Å². The molecule has 0 saturated heterocycles. The van der Waals surface area contributed by atoms with Crippen LogP contribution in [0.15, 0.2) is 59.5 Å². The second-order valence-corrected chi connectivity index (χ2v) is 6.15. The average Bonchev–Trinajstić information content (AvgIpc) is 2.40. The Kier molecular flexibility index (Phi) is 3.95. The Labute approximate surface area is 110 Å². The zero-order valence-electron chi connectivity index (χ0n) is 9.96. The van der Waals surface area contributed by atoms with Crippen LogP contribution in [0.1, 0.15) is 11.7 Å². The smallest absolute Gasteiger partial charge is 0.181 e. The van der Waals surface area contributed by atoms with E-state index in [4.69, 9.17) is 0 Å². The van der Waals surface area contributed by atoms with Crippen LogP contribution in [-0.4, -0.2) is 14.2 Å². The van der Waals surface area contributed by atoms with Crippen LogP contribution in [0.4, 0.5) is 8.78 Å². The fourth-order valence-electron chi connectivity index (χ4n) is 1.68. The lowest BCUT2D eigenvalue weighted by atomic mass is 10.1. The molecule has 2 rings (SSSR count). The molecule has 0 aromatic heterocycles. The van der Waals surface area contributed by atoms with Crippen LogP contribution in [0.2, 0.25) is 0 Å². The van der Waals surface area contributed by atoms with E-state index in [0.29, 0.717) is 0 Å². The summed E-state index contributed by atoms with van der Waals surface area (Å²) in [4.78, 5) is 0.0831. The molecule has 2 aromatic rings. The first-order valence-corrected chi connectivity index (χ1v) is 7.31. The zero-order chi connectivity index (χ0) is 13.9. The van der Waals surface area contributed by atoms with Crippen molar-refractivity contribution < 1.29 is 17.2 Å². The highest BCUT2D eigenvalue weighted by molar-refractivity contribution is 7.91. The molecule has 0 spiro atoms. The summed E-state index contributed by atoms with van der Waals surface area (Å²) in [6.07, 6.45) is -1.68. The van der Waals surface area contributed by atoms with Gasteiger partial charge < -0.3 is 0 Å². The number of rotatable bonds is 4. The van der Waals surface area contributed by atoms with Gasteiger partial charge in [0.05, 0.1) is 10.6 Å². The van der Waals surface area contributed by atoms with Crippen molar-refractivity contribution in [2.45, 2.75) is 11.1 Å². The lowest BCUT2D eigenvalue weighted by Crippen LogP contribution is -2.12. The van der Waals surface area contributed by atoms with Gasteiger partial charge in [0, 0.05) is 0 Å². The predicted molar refractivity (Wildman–Crippen MR) is 68.7 cm³/mol. The quantitative estimate of drug-likeness (QED) is 0.862. The third-order valence-corrected chi connectivity index (χ3v) is 4.42. The van der Waals surface area contributed by atoms with Crippen LogP contribution in [0.5, 0.6) is 0 Å². The largest absolute Gasteiger partial charge is 0.241 e. The fourth-order valence-corrected chi connectivity index (χ4v) is 3.03. The van der Waals surface area contributed by atoms with Gasteiger partial charge in [0.15, 0.2) is 9.84 Å². The Balaban J connectivity index is 2.19. The van der Waals surface area contributed by atoms with Crippen molar-refractivity contribution in [3.8, 4) is 0 Å². The number of hydrogen-bond acceptors (Lipinski definition) is 2. The summed E-state index contributed by atoms with van der Waals surface area (Å²) in [7, 11) is -3.69. The molecule has 0 radical (unpaired) electrons. The molecule has 100 valence electrons. The Morgan fingerprint density at radius 1 is 0.947 bits per heavy atom. The van der Waals surface area contributed by atoms with Gasteiger partial charge in [0.1, 0.15) is 12.0 Å². The SMILES string of the molecule is O=S(=O)(CC(F)c1ccc(F)cc1)c1ccccc1. The maximum absolute atomic E-state index is 13.9. The van der Waals surface area contributed by atoms with Gasteiger partial charge in [0.2, 0.25) is 0 Å². The maximum atomic E-state index is 13.9. The first-order chi connectivity index (χ1) is 8.99. The van der Waals surface area contributed by atoms with Crippen LogP contribution in [0.3, 0.4) is 0 Å². The number of hydrogen-bond donors (Lipinski definition) is 0. The molecule has 2 nitrogen and oxygen atoms in total. The monoisotopic (exact) mass is 282 g/mol. The Bertz CT molecular complexity index is 637. The van der Waals surface area contributed by atoms with Gasteiger partial charge in [-0.1, -0.05) is 30.3 Å². The molecule has 5 heteroatoms. The Morgan fingerprint density at radius 3 is 2.11 bits per heavy atom. The molecule has 0 N–H and O–H groups in total. The second kappa shape index (κ2) is 5.48. The highest BCUT2D eigenvalue weighted by Crippen LogP contribution is 2.23. The second-order valence-electron chi connectivity index (χ2n) is 4.11. The van der Waals surface area contributed by atoms with Gasteiger partial charge in [-0.05, 0) is 29.8 Å². The average molecular weight is 282 g/mol. The third-order valence-electron chi connectivity index (χ3n) is 2.70. The van der Waals surface area contributed by atoms with E-state index in [1.807, 2.05) is 0 Å². The van der Waals surface area contributed by atoms with E-state index in [0.717, 1.165) is 12.1 Å². The zero-order valence-corrected chi connectivity index (χ0v) is 10.8. The minimum absolute atomic E-state index is 0.0831. The number of benzene rings is 2. The van der Waals surface area contributed by atoms with Crippen molar-refractivity contribution >= 4 is 9.84 Å². The normalized spacial score (nSPS) is 13.2. The summed E-state index contributed by atoms with van der Waals surface area (Å²) in [6, 6.07) is 12.4. The van der Waals surface area contributed by atoms with Crippen molar-refractivity contribution in [1.82, 2.24) is 0 Å². The lowest BCUT2D eigenvalue weighted by Gasteiger charge is -2.09. The molecular weight excluding hydrogens is 270 g/mol. The highest BCUT2D eigenvalue weighted by Gasteiger charge is 2.22. The van der Waals surface area contributed by atoms with E-state index >= 15 is 0 Å². The summed E-state index contributed by atoms with van der Waals surface area (Å²) in [5.41, 5.74) is 0.154. The summed E-state index contributed by atoms with van der Waals surface area (Å²) in [5, 5.41) is 0. The summed E-state index contributed by atoms with van der Waals surface area (Å²) in [6.45, 7) is 0. The van der Waals surface area contributed by atoms with E-state index in [1.54, 1.807) is 18.2 Å². The van der Waals surface area contributed by atoms with Crippen molar-refractivity contribution in [3.63, 3.8) is 0 Å². The topological polar surface area (TPSA) is 34.1 Å². The van der Waals surface area contributed by atoms with Crippen LogP contribution in [-0.2, 0) is 9.84 Å². The first-order valence-electron chi connectivity index (χ1n) is 5.66. The minimum Gasteiger partial charge on any atom is -0.241 e. The van der Waals surface area contributed by atoms with E-state index in [2.05, 4.69) is 0 Å². The predicted octanol–water partition coefficient (Wildman–Crippen LogP) is 3.31. The fraction of sp³-hybridized carbons (Fsp3) is 0.143. The van der Waals surface area contributed by atoms with E-state index in [-0.39, 0.29) is 10.5 Å². The molecule has 0 aliphatic heterocycles. The summed E-state index contributed by atoms with van der Waals surface area (Å²) in [5.74, 6) is -1.13. The van der Waals surface area contributed by atoms with Gasteiger partial charge in [-0.2, -0.15) is 0 Å². The van der Waals surface area contributed by atoms with E-state index in [9.17, 15) is 17.2 Å². The van der Waals surface area contributed by atoms with Gasteiger partial charge in [-0.25, -0.2) is 17.2 Å². The van der Waals surface area contributed by atoms with Crippen molar-refractivity contribution in [1.29, 1.82) is 0 Å². The molecule has 0 fully saturated rings. The molecular formula is C14H12F2O2S. The molecule has 0 aliphatic carbocycles.